The standard InChI is InChI=1S/C30H26BrN3O6S/c1-39-25-10-3-21(4-11-25)30(36)34-17-16-20-2-7-24(18-28(20)34)32-29(35)19-40-26-12-14-27(15-13-26)41(37,38)33-23-8-5-22(31)6-9-23/h2-15,18,33H,16-17,19H2,1H3,(H,32,35). The Bertz CT molecular complexity index is 1680. The number of nitrogens with one attached hydrogen (secondary N) is 2. The third kappa shape index (κ3) is 6.69. The first-order valence-electron chi connectivity index (χ1n) is 12.6. The minimum absolute atomic E-state index is 0.0594. The third-order valence-electron chi connectivity index (χ3n) is 6.45. The van der Waals surface area contributed by atoms with Gasteiger partial charge in [0.15, 0.2) is 6.61 Å². The van der Waals surface area contributed by atoms with Crippen LogP contribution in [0.25, 0.3) is 0 Å². The van der Waals surface area contributed by atoms with Crippen LogP contribution in [0.3, 0.4) is 0 Å². The maximum absolute atomic E-state index is 13.1. The van der Waals surface area contributed by atoms with Crippen LogP contribution in [0.2, 0.25) is 0 Å². The van der Waals surface area contributed by atoms with Gasteiger partial charge in [0.1, 0.15) is 11.5 Å². The molecule has 2 amide bonds. The Morgan fingerprint density at radius 2 is 1.54 bits per heavy atom. The fourth-order valence-corrected chi connectivity index (χ4v) is 5.67. The molecule has 1 heterocycles. The topological polar surface area (TPSA) is 114 Å². The molecule has 41 heavy (non-hydrogen) atoms. The van der Waals surface area contributed by atoms with E-state index >= 15 is 0 Å². The zero-order valence-electron chi connectivity index (χ0n) is 22.0. The van der Waals surface area contributed by atoms with Crippen LogP contribution in [0.15, 0.2) is 100 Å². The van der Waals surface area contributed by atoms with Crippen LogP contribution >= 0.6 is 15.9 Å². The molecule has 1 aliphatic rings. The van der Waals surface area contributed by atoms with Crippen molar-refractivity contribution in [2.24, 2.45) is 0 Å². The summed E-state index contributed by atoms with van der Waals surface area (Å²) in [7, 11) is -2.21. The molecular weight excluding hydrogens is 610 g/mol. The van der Waals surface area contributed by atoms with Crippen molar-refractivity contribution < 1.29 is 27.5 Å². The van der Waals surface area contributed by atoms with Gasteiger partial charge in [0.25, 0.3) is 21.8 Å². The van der Waals surface area contributed by atoms with Crippen LogP contribution in [0.4, 0.5) is 17.1 Å². The summed E-state index contributed by atoms with van der Waals surface area (Å²) in [6, 6.07) is 25.0. The van der Waals surface area contributed by atoms with E-state index in [-0.39, 0.29) is 17.4 Å². The SMILES string of the molecule is COc1ccc(C(=O)N2CCc3ccc(NC(=O)COc4ccc(S(=O)(=O)Nc5ccc(Br)cc5)cc4)cc32)cc1. The summed E-state index contributed by atoms with van der Waals surface area (Å²) in [5, 5.41) is 2.80. The first-order valence-corrected chi connectivity index (χ1v) is 14.9. The Balaban J connectivity index is 1.18. The van der Waals surface area contributed by atoms with Crippen molar-refractivity contribution in [1.82, 2.24) is 0 Å². The minimum atomic E-state index is -3.79. The summed E-state index contributed by atoms with van der Waals surface area (Å²) in [4.78, 5) is 27.5. The highest BCUT2D eigenvalue weighted by Gasteiger charge is 2.26. The summed E-state index contributed by atoms with van der Waals surface area (Å²) in [5.41, 5.74) is 3.28. The highest BCUT2D eigenvalue weighted by Crippen LogP contribution is 2.32. The summed E-state index contributed by atoms with van der Waals surface area (Å²) < 4.78 is 39.4. The number of rotatable bonds is 9. The molecule has 0 saturated carbocycles. The zero-order valence-corrected chi connectivity index (χ0v) is 24.4. The van der Waals surface area contributed by atoms with Crippen molar-refractivity contribution >= 4 is 54.8 Å². The van der Waals surface area contributed by atoms with Crippen molar-refractivity contribution in [3.63, 3.8) is 0 Å². The van der Waals surface area contributed by atoms with Crippen molar-refractivity contribution in [2.75, 3.05) is 35.2 Å². The maximum atomic E-state index is 13.1. The van der Waals surface area contributed by atoms with E-state index < -0.39 is 15.9 Å². The van der Waals surface area contributed by atoms with Crippen LogP contribution in [-0.4, -0.2) is 40.5 Å². The number of benzene rings is 4. The Labute approximate surface area is 246 Å². The molecule has 0 saturated heterocycles. The van der Waals surface area contributed by atoms with Crippen LogP contribution in [-0.2, 0) is 21.2 Å². The van der Waals surface area contributed by atoms with E-state index in [0.717, 1.165) is 22.1 Å². The summed E-state index contributed by atoms with van der Waals surface area (Å²) in [5.74, 6) is 0.485. The zero-order chi connectivity index (χ0) is 29.0. The number of fused-ring (bicyclic) bond motifs is 1. The molecule has 2 N–H and O–H groups in total. The number of nitrogens with zero attached hydrogens (tertiary/aromatic N) is 1. The number of methoxy groups -OCH3 is 1. The average Bonchev–Trinajstić information content (AvgIpc) is 3.40. The van der Waals surface area contributed by atoms with Gasteiger partial charge in [-0.15, -0.1) is 0 Å². The molecule has 0 atom stereocenters. The van der Waals surface area contributed by atoms with Crippen molar-refractivity contribution in [3.05, 3.63) is 107 Å². The highest BCUT2D eigenvalue weighted by atomic mass is 79.9. The Hall–Kier alpha value is -4.35. The number of anilines is 3. The second-order valence-corrected chi connectivity index (χ2v) is 11.8. The molecule has 1 aliphatic heterocycles. The van der Waals surface area contributed by atoms with Crippen LogP contribution in [0.5, 0.6) is 11.5 Å². The van der Waals surface area contributed by atoms with Gasteiger partial charge in [-0.25, -0.2) is 8.42 Å². The molecule has 0 spiro atoms. The van der Waals surface area contributed by atoms with Gasteiger partial charge in [-0.3, -0.25) is 14.3 Å². The van der Waals surface area contributed by atoms with Crippen molar-refractivity contribution in [3.8, 4) is 11.5 Å². The number of carbonyl (C=O) groups excluding carboxylic acids is 2. The second-order valence-electron chi connectivity index (χ2n) is 9.20. The van der Waals surface area contributed by atoms with E-state index in [1.165, 1.54) is 24.3 Å². The number of hydrogen-bond acceptors (Lipinski definition) is 6. The lowest BCUT2D eigenvalue weighted by atomic mass is 10.1. The molecule has 0 radical (unpaired) electrons. The Morgan fingerprint density at radius 1 is 0.878 bits per heavy atom. The number of carbonyl (C=O) groups is 2. The molecule has 5 rings (SSSR count). The Kier molecular flexibility index (Phi) is 8.27. The monoisotopic (exact) mass is 635 g/mol. The highest BCUT2D eigenvalue weighted by molar-refractivity contribution is 9.10. The molecule has 0 aliphatic carbocycles. The Morgan fingerprint density at radius 3 is 2.22 bits per heavy atom. The van der Waals surface area contributed by atoms with E-state index in [0.29, 0.717) is 35.0 Å². The lowest BCUT2D eigenvalue weighted by molar-refractivity contribution is -0.118. The molecule has 9 nitrogen and oxygen atoms in total. The predicted molar refractivity (Wildman–Crippen MR) is 160 cm³/mol. The van der Waals surface area contributed by atoms with E-state index in [1.54, 1.807) is 72.7 Å². The molecule has 0 bridgehead atoms. The van der Waals surface area contributed by atoms with Gasteiger partial charge < -0.3 is 19.7 Å². The molecule has 0 aromatic heterocycles. The molecule has 11 heteroatoms. The summed E-state index contributed by atoms with van der Waals surface area (Å²) in [6.07, 6.45) is 0.721. The van der Waals surface area contributed by atoms with Gasteiger partial charge in [-0.2, -0.15) is 0 Å². The van der Waals surface area contributed by atoms with Gasteiger partial charge in [-0.1, -0.05) is 22.0 Å². The normalized spacial score (nSPS) is 12.4. The molecule has 4 aromatic rings. The first-order chi connectivity index (χ1) is 19.7. The summed E-state index contributed by atoms with van der Waals surface area (Å²) >= 11 is 3.32. The van der Waals surface area contributed by atoms with Crippen molar-refractivity contribution in [2.45, 2.75) is 11.3 Å². The van der Waals surface area contributed by atoms with Gasteiger partial charge >= 0.3 is 0 Å². The maximum Gasteiger partial charge on any atom is 0.262 e. The quantitative estimate of drug-likeness (QED) is 0.252. The molecule has 210 valence electrons. The number of ether oxygens (including phenoxy) is 2. The van der Waals surface area contributed by atoms with Crippen LogP contribution < -0.4 is 24.4 Å². The van der Waals surface area contributed by atoms with Gasteiger partial charge in [0.05, 0.1) is 12.0 Å². The fraction of sp³-hybridized carbons (Fsp3) is 0.133. The van der Waals surface area contributed by atoms with Crippen LogP contribution in [0.1, 0.15) is 15.9 Å². The molecule has 4 aromatic carbocycles. The summed E-state index contributed by atoms with van der Waals surface area (Å²) in [6.45, 7) is 0.264. The molecular formula is C30H26BrN3O6S. The minimum Gasteiger partial charge on any atom is -0.497 e. The van der Waals surface area contributed by atoms with E-state index in [4.69, 9.17) is 9.47 Å². The van der Waals surface area contributed by atoms with Gasteiger partial charge in [0.2, 0.25) is 0 Å². The fourth-order valence-electron chi connectivity index (χ4n) is 4.35. The van der Waals surface area contributed by atoms with Gasteiger partial charge in [-0.05, 0) is 96.9 Å². The van der Waals surface area contributed by atoms with Crippen molar-refractivity contribution in [1.29, 1.82) is 0 Å². The predicted octanol–water partition coefficient (Wildman–Crippen LogP) is 5.48. The third-order valence-corrected chi connectivity index (χ3v) is 8.37. The van der Waals surface area contributed by atoms with E-state index in [1.807, 2.05) is 6.07 Å². The first kappa shape index (κ1) is 28.2. The van der Waals surface area contributed by atoms with Gasteiger partial charge in [0, 0.05) is 33.6 Å². The lowest BCUT2D eigenvalue weighted by Gasteiger charge is -2.18. The second kappa shape index (κ2) is 12.0. The lowest BCUT2D eigenvalue weighted by Crippen LogP contribution is -2.29. The molecule has 0 fully saturated rings. The number of halogens is 1. The number of sulfonamides is 1. The smallest absolute Gasteiger partial charge is 0.262 e. The van der Waals surface area contributed by atoms with E-state index in [9.17, 15) is 18.0 Å². The molecule has 0 unspecified atom stereocenters. The average molecular weight is 637 g/mol. The largest absolute Gasteiger partial charge is 0.497 e. The van der Waals surface area contributed by atoms with Crippen LogP contribution in [0, 0.1) is 0 Å². The van der Waals surface area contributed by atoms with E-state index in [2.05, 4.69) is 26.0 Å². The number of amides is 2. The number of hydrogen-bond donors (Lipinski definition) is 2.